The van der Waals surface area contributed by atoms with Crippen LogP contribution >= 0.6 is 0 Å². The van der Waals surface area contributed by atoms with E-state index in [2.05, 4.69) is 41.4 Å². The number of furan rings is 1. The van der Waals surface area contributed by atoms with Crippen molar-refractivity contribution in [2.24, 2.45) is 15.9 Å². The summed E-state index contributed by atoms with van der Waals surface area (Å²) in [6.07, 6.45) is 1.64. The molecule has 1 aliphatic heterocycles. The quantitative estimate of drug-likeness (QED) is 0.726. The van der Waals surface area contributed by atoms with Crippen LogP contribution < -0.4 is 10.6 Å². The molecule has 1 aliphatic rings. The summed E-state index contributed by atoms with van der Waals surface area (Å²) in [5.41, 5.74) is -0.117. The number of fused-ring (bicyclic) bond motifs is 1. The predicted octanol–water partition coefficient (Wildman–Crippen LogP) is 5.23. The molecule has 0 radical (unpaired) electrons. The number of aryl methyl sites for hydroxylation is 1. The van der Waals surface area contributed by atoms with E-state index >= 15 is 0 Å². The van der Waals surface area contributed by atoms with E-state index in [4.69, 9.17) is 4.42 Å². The van der Waals surface area contributed by atoms with E-state index in [1.807, 2.05) is 0 Å². The minimum Gasteiger partial charge on any atom is -0.456 e. The number of rotatable bonds is 3. The fraction of sp³-hybridized carbons (Fsp3) is 0.476. The Morgan fingerprint density at radius 3 is 2.55 bits per heavy atom. The third kappa shape index (κ3) is 6.10. The number of carbonyl (C=O) groups excluding carboxylic acids is 1. The molecule has 3 rings (SSSR count). The molecular formula is C21H32F2N4O2. The van der Waals surface area contributed by atoms with Crippen LogP contribution in [0.2, 0.25) is 0 Å². The Labute approximate surface area is 172 Å². The normalized spacial score (nSPS) is 18.3. The van der Waals surface area contributed by atoms with Crippen LogP contribution in [-0.2, 0) is 6.54 Å². The van der Waals surface area contributed by atoms with Crippen molar-refractivity contribution in [3.8, 4) is 0 Å². The SMILES string of the molecule is CC(C)C.CC1=NCC(C)(NC(=O)NCc2oc3c(F)cc(F)cc3c2C)C=N1.[HH].[HH]. The highest BCUT2D eigenvalue weighted by Crippen LogP contribution is 2.28. The molecular weight excluding hydrogens is 378 g/mol. The van der Waals surface area contributed by atoms with Crippen LogP contribution in [0.1, 0.15) is 48.8 Å². The average molecular weight is 411 g/mol. The second-order valence-electron chi connectivity index (χ2n) is 7.99. The highest BCUT2D eigenvalue weighted by Gasteiger charge is 2.26. The lowest BCUT2D eigenvalue weighted by Crippen LogP contribution is -2.54. The molecule has 0 spiro atoms. The number of nitrogens with one attached hydrogen (secondary N) is 2. The Balaban J connectivity index is 0.00000138. The minimum absolute atomic E-state index is 0. The maximum Gasteiger partial charge on any atom is 0.315 e. The molecule has 1 aromatic heterocycles. The monoisotopic (exact) mass is 410 g/mol. The van der Waals surface area contributed by atoms with Crippen molar-refractivity contribution < 1.29 is 20.8 Å². The Morgan fingerprint density at radius 2 is 1.97 bits per heavy atom. The third-order valence-electron chi connectivity index (χ3n) is 4.04. The van der Waals surface area contributed by atoms with Gasteiger partial charge in [-0.25, -0.2) is 18.6 Å². The fourth-order valence-electron chi connectivity index (χ4n) is 2.59. The van der Waals surface area contributed by atoms with Gasteiger partial charge in [0.15, 0.2) is 11.4 Å². The van der Waals surface area contributed by atoms with Crippen molar-refractivity contribution in [1.82, 2.24) is 10.6 Å². The number of urea groups is 1. The van der Waals surface area contributed by atoms with E-state index in [9.17, 15) is 13.6 Å². The van der Waals surface area contributed by atoms with Gasteiger partial charge in [-0.2, -0.15) is 0 Å². The van der Waals surface area contributed by atoms with Crippen molar-refractivity contribution in [3.05, 3.63) is 35.1 Å². The Morgan fingerprint density at radius 1 is 1.31 bits per heavy atom. The summed E-state index contributed by atoms with van der Waals surface area (Å²) in [4.78, 5) is 20.4. The first-order valence-electron chi connectivity index (χ1n) is 9.50. The molecule has 1 unspecified atom stereocenters. The second-order valence-corrected chi connectivity index (χ2v) is 7.99. The Bertz CT molecular complexity index is 958. The summed E-state index contributed by atoms with van der Waals surface area (Å²) >= 11 is 0. The molecule has 2 heterocycles. The first-order chi connectivity index (χ1) is 13.5. The summed E-state index contributed by atoms with van der Waals surface area (Å²) in [7, 11) is 0. The summed E-state index contributed by atoms with van der Waals surface area (Å²) in [6.45, 7) is 12.2. The number of nitrogens with zero attached hydrogens (tertiary/aromatic N) is 2. The zero-order valence-electron chi connectivity index (χ0n) is 17.7. The van der Waals surface area contributed by atoms with Gasteiger partial charge in [-0.05, 0) is 32.8 Å². The Kier molecular flexibility index (Phi) is 7.11. The average Bonchev–Trinajstić information content (AvgIpc) is 2.92. The molecule has 29 heavy (non-hydrogen) atoms. The standard InChI is InChI=1S/C17H18F2N4O2.C4H10.2H2/c1-9-12-4-11(18)5-13(19)15(12)25-14(9)6-20-16(24)23-17(3)7-21-10(2)22-8-17;1-4(2)3;;/h4-5,7H,6,8H2,1-3H3,(H2,20,23,24);4H,1-3H3;2*1H. The van der Waals surface area contributed by atoms with Crippen molar-refractivity contribution in [2.75, 3.05) is 6.54 Å². The van der Waals surface area contributed by atoms with E-state index in [0.29, 0.717) is 29.1 Å². The van der Waals surface area contributed by atoms with Gasteiger partial charge in [0.1, 0.15) is 17.4 Å². The van der Waals surface area contributed by atoms with Gasteiger partial charge in [0.25, 0.3) is 0 Å². The van der Waals surface area contributed by atoms with Gasteiger partial charge >= 0.3 is 6.03 Å². The van der Waals surface area contributed by atoms with Gasteiger partial charge in [-0.3, -0.25) is 4.99 Å². The number of halogens is 2. The minimum atomic E-state index is -0.770. The number of hydrogen-bond donors (Lipinski definition) is 2. The van der Waals surface area contributed by atoms with E-state index in [0.717, 1.165) is 12.0 Å². The maximum atomic E-state index is 13.8. The lowest BCUT2D eigenvalue weighted by atomic mass is 10.0. The van der Waals surface area contributed by atoms with Gasteiger partial charge < -0.3 is 15.1 Å². The van der Waals surface area contributed by atoms with E-state index in [1.165, 1.54) is 6.07 Å². The highest BCUT2D eigenvalue weighted by molar-refractivity contribution is 5.94. The number of hydrogen-bond acceptors (Lipinski definition) is 4. The predicted molar refractivity (Wildman–Crippen MR) is 116 cm³/mol. The topological polar surface area (TPSA) is 79.0 Å². The molecule has 2 amide bonds. The van der Waals surface area contributed by atoms with E-state index in [1.54, 1.807) is 27.0 Å². The van der Waals surface area contributed by atoms with Crippen LogP contribution in [0.15, 0.2) is 26.5 Å². The highest BCUT2D eigenvalue weighted by atomic mass is 19.1. The molecule has 0 saturated heterocycles. The maximum absolute atomic E-state index is 13.8. The van der Waals surface area contributed by atoms with Crippen molar-refractivity contribution in [3.63, 3.8) is 0 Å². The zero-order valence-corrected chi connectivity index (χ0v) is 17.7. The number of benzene rings is 1. The molecule has 1 aromatic carbocycles. The molecule has 0 saturated carbocycles. The first-order valence-corrected chi connectivity index (χ1v) is 9.50. The number of carbonyl (C=O) groups is 1. The molecule has 2 aromatic rings. The van der Waals surface area contributed by atoms with Crippen LogP contribution in [0.4, 0.5) is 13.6 Å². The zero-order chi connectivity index (χ0) is 21.8. The summed E-state index contributed by atoms with van der Waals surface area (Å²) < 4.78 is 32.5. The summed E-state index contributed by atoms with van der Waals surface area (Å²) in [6, 6.07) is 1.54. The largest absolute Gasteiger partial charge is 0.456 e. The molecule has 162 valence electrons. The summed E-state index contributed by atoms with van der Waals surface area (Å²) in [5.74, 6) is 0.414. The number of amidine groups is 1. The molecule has 8 heteroatoms. The molecule has 2 N–H and O–H groups in total. The van der Waals surface area contributed by atoms with Crippen LogP contribution in [0.3, 0.4) is 0 Å². The molecule has 6 nitrogen and oxygen atoms in total. The van der Waals surface area contributed by atoms with E-state index in [-0.39, 0.29) is 15.0 Å². The van der Waals surface area contributed by atoms with Gasteiger partial charge in [0.2, 0.25) is 0 Å². The molecule has 0 aliphatic carbocycles. The number of aliphatic imine (C=N–C) groups is 2. The van der Waals surface area contributed by atoms with Crippen LogP contribution in [0.25, 0.3) is 11.0 Å². The number of amides is 2. The fourth-order valence-corrected chi connectivity index (χ4v) is 2.59. The van der Waals surface area contributed by atoms with Gasteiger partial charge in [0.05, 0.1) is 18.6 Å². The van der Waals surface area contributed by atoms with Crippen molar-refractivity contribution in [1.29, 1.82) is 0 Å². The van der Waals surface area contributed by atoms with Gasteiger partial charge in [-0.15, -0.1) is 0 Å². The lowest BCUT2D eigenvalue weighted by Gasteiger charge is -2.27. The van der Waals surface area contributed by atoms with Crippen LogP contribution in [0.5, 0.6) is 0 Å². The second kappa shape index (κ2) is 9.15. The molecule has 0 bridgehead atoms. The van der Waals surface area contributed by atoms with Crippen LogP contribution in [0, 0.1) is 24.5 Å². The van der Waals surface area contributed by atoms with Gasteiger partial charge in [-0.1, -0.05) is 20.8 Å². The van der Waals surface area contributed by atoms with E-state index < -0.39 is 23.2 Å². The first kappa shape index (κ1) is 22.5. The molecule has 0 fully saturated rings. The lowest BCUT2D eigenvalue weighted by molar-refractivity contribution is 0.234. The Hall–Kier alpha value is -2.77. The molecule has 1 atom stereocenters. The van der Waals surface area contributed by atoms with Crippen molar-refractivity contribution in [2.45, 2.75) is 53.6 Å². The third-order valence-corrected chi connectivity index (χ3v) is 4.04. The van der Waals surface area contributed by atoms with Crippen LogP contribution in [-0.4, -0.2) is 30.2 Å². The summed E-state index contributed by atoms with van der Waals surface area (Å²) in [5, 5.41) is 5.78. The van der Waals surface area contributed by atoms with Gasteiger partial charge in [0, 0.05) is 26.1 Å². The smallest absolute Gasteiger partial charge is 0.315 e. The van der Waals surface area contributed by atoms with Crippen molar-refractivity contribution >= 4 is 29.1 Å².